The Morgan fingerprint density at radius 2 is 1.09 bits per heavy atom. The fraction of sp³-hybridized carbons (Fsp3) is 0.104. The van der Waals surface area contributed by atoms with Crippen molar-refractivity contribution in [1.82, 2.24) is 19.5 Å². The van der Waals surface area contributed by atoms with Gasteiger partial charge >= 0.3 is 0 Å². The second kappa shape index (κ2) is 14.2. The predicted molar refractivity (Wildman–Crippen MR) is 221 cm³/mol. The lowest BCUT2D eigenvalue weighted by Gasteiger charge is -2.10. The number of furan rings is 1. The van der Waals surface area contributed by atoms with Gasteiger partial charge in [-0.3, -0.25) is 0 Å². The molecule has 0 saturated heterocycles. The number of fused-ring (bicyclic) bond motifs is 4. The number of para-hydroxylation sites is 1. The lowest BCUT2D eigenvalue weighted by atomic mass is 9.98. The van der Waals surface area contributed by atoms with Crippen molar-refractivity contribution in [1.29, 1.82) is 0 Å². The van der Waals surface area contributed by atoms with E-state index in [4.69, 9.17) is 19.4 Å². The highest BCUT2D eigenvalue weighted by molar-refractivity contribution is 6.13. The van der Waals surface area contributed by atoms with E-state index in [1.165, 1.54) is 21.5 Å². The summed E-state index contributed by atoms with van der Waals surface area (Å²) in [6.45, 7) is 10.3. The average molecular weight is 689 g/mol. The van der Waals surface area contributed by atoms with Crippen molar-refractivity contribution in [3.63, 3.8) is 0 Å². The molecule has 3 aromatic heterocycles. The van der Waals surface area contributed by atoms with Crippen LogP contribution in [0.15, 0.2) is 144 Å². The molecule has 0 bridgehead atoms. The number of benzene rings is 6. The Bertz CT molecular complexity index is 2810. The van der Waals surface area contributed by atoms with E-state index < -0.39 is 0 Å². The highest BCUT2D eigenvalue weighted by atomic mass is 16.3. The average Bonchev–Trinajstić information content (AvgIpc) is 3.76. The first-order valence-electron chi connectivity index (χ1n) is 18.3. The van der Waals surface area contributed by atoms with Crippen molar-refractivity contribution in [3.8, 4) is 51.0 Å². The van der Waals surface area contributed by atoms with Gasteiger partial charge in [0.25, 0.3) is 0 Å². The van der Waals surface area contributed by atoms with Gasteiger partial charge in [0, 0.05) is 49.1 Å². The van der Waals surface area contributed by atoms with Gasteiger partial charge in [-0.2, -0.15) is 0 Å². The number of aromatic nitrogens is 4. The molecule has 0 aliphatic rings. The van der Waals surface area contributed by atoms with E-state index in [-0.39, 0.29) is 0 Å². The van der Waals surface area contributed by atoms with Gasteiger partial charge in [0.2, 0.25) is 0 Å². The molecule has 9 aromatic rings. The first-order valence-corrected chi connectivity index (χ1v) is 18.3. The number of hydrogen-bond donors (Lipinski definition) is 0. The van der Waals surface area contributed by atoms with E-state index in [9.17, 15) is 0 Å². The van der Waals surface area contributed by atoms with Crippen molar-refractivity contribution >= 4 is 45.0 Å². The van der Waals surface area contributed by atoms with Gasteiger partial charge in [-0.25, -0.2) is 15.0 Å². The van der Waals surface area contributed by atoms with E-state index in [1.807, 2.05) is 74.5 Å². The molecule has 9 rings (SSSR count). The van der Waals surface area contributed by atoms with Gasteiger partial charge in [0.1, 0.15) is 11.2 Å². The zero-order valence-corrected chi connectivity index (χ0v) is 30.6. The molecule has 258 valence electrons. The van der Waals surface area contributed by atoms with Gasteiger partial charge in [-0.05, 0) is 86.0 Å². The number of nitrogens with zero attached hydrogens (tertiary/aromatic N) is 4. The second-order valence-electron chi connectivity index (χ2n) is 12.8. The zero-order valence-electron chi connectivity index (χ0n) is 30.6. The Hall–Kier alpha value is -6.59. The highest BCUT2D eigenvalue weighted by Gasteiger charge is 2.19. The smallest absolute Gasteiger partial charge is 0.164 e. The molecule has 0 saturated carbocycles. The summed E-state index contributed by atoms with van der Waals surface area (Å²) in [4.78, 5) is 15.1. The maximum absolute atomic E-state index is 6.52. The minimum Gasteiger partial charge on any atom is -0.456 e. The van der Waals surface area contributed by atoms with Crippen molar-refractivity contribution < 1.29 is 4.42 Å². The zero-order chi connectivity index (χ0) is 36.5. The maximum atomic E-state index is 6.52. The fourth-order valence-electron chi connectivity index (χ4n) is 7.29. The number of hydrogen-bond acceptors (Lipinski definition) is 4. The summed E-state index contributed by atoms with van der Waals surface area (Å²) in [7, 11) is 0. The third-order valence-corrected chi connectivity index (χ3v) is 9.61. The van der Waals surface area contributed by atoms with Crippen LogP contribution in [0.3, 0.4) is 0 Å². The van der Waals surface area contributed by atoms with Crippen LogP contribution in [-0.4, -0.2) is 19.5 Å². The molecular weight excluding hydrogens is 649 g/mol. The van der Waals surface area contributed by atoms with Crippen LogP contribution in [0.1, 0.15) is 33.3 Å². The first-order chi connectivity index (χ1) is 26.1. The molecule has 0 aliphatic carbocycles. The van der Waals surface area contributed by atoms with Crippen LogP contribution in [0, 0.1) is 6.92 Å². The third kappa shape index (κ3) is 6.00. The summed E-state index contributed by atoms with van der Waals surface area (Å²) in [6.07, 6.45) is 4.41. The largest absolute Gasteiger partial charge is 0.456 e. The molecule has 3 heterocycles. The van der Waals surface area contributed by atoms with Crippen LogP contribution in [0.25, 0.3) is 96.0 Å². The van der Waals surface area contributed by atoms with E-state index in [0.717, 1.165) is 61.0 Å². The Balaban J connectivity index is 0.00000197. The van der Waals surface area contributed by atoms with Crippen LogP contribution in [0.4, 0.5) is 0 Å². The molecule has 0 fully saturated rings. The summed E-state index contributed by atoms with van der Waals surface area (Å²) in [5.74, 6) is 1.87. The molecule has 53 heavy (non-hydrogen) atoms. The molecule has 0 radical (unpaired) electrons. The molecule has 5 heteroatoms. The lowest BCUT2D eigenvalue weighted by Crippen LogP contribution is -2.27. The summed E-state index contributed by atoms with van der Waals surface area (Å²) >= 11 is 0. The predicted octanol–water partition coefficient (Wildman–Crippen LogP) is 11.3. The van der Waals surface area contributed by atoms with Gasteiger partial charge in [-0.1, -0.05) is 117 Å². The maximum Gasteiger partial charge on any atom is 0.164 e. The lowest BCUT2D eigenvalue weighted by molar-refractivity contribution is 0.668. The van der Waals surface area contributed by atoms with Crippen LogP contribution in [0.5, 0.6) is 0 Å². The molecule has 0 aliphatic heterocycles. The van der Waals surface area contributed by atoms with Crippen molar-refractivity contribution in [3.05, 3.63) is 156 Å². The van der Waals surface area contributed by atoms with E-state index in [2.05, 4.69) is 116 Å². The molecule has 0 spiro atoms. The standard InChI is InChI=1S/C46H34N4O.C2H6/c1-4-35-36-27-32(21-23-40(36)50(39(35)5-2)34-19-13-8-14-20-34)33-22-24-41-37(28-33)43-38(25-29(3)26-42(43)51-41)46-48-44(30-15-9-6-10-16-30)47-45(49-46)31-17-11-7-12-18-31;1-2/h4-28H,1-3H3;1-2H3/b35-4-,39-5+;. The van der Waals surface area contributed by atoms with Crippen LogP contribution < -0.4 is 10.6 Å². The van der Waals surface area contributed by atoms with Crippen molar-refractivity contribution in [2.45, 2.75) is 34.6 Å². The van der Waals surface area contributed by atoms with Crippen LogP contribution in [0.2, 0.25) is 0 Å². The van der Waals surface area contributed by atoms with Crippen molar-refractivity contribution in [2.24, 2.45) is 0 Å². The molecule has 0 unspecified atom stereocenters. The van der Waals surface area contributed by atoms with Gasteiger partial charge in [-0.15, -0.1) is 0 Å². The van der Waals surface area contributed by atoms with E-state index in [1.54, 1.807) is 0 Å². The quantitative estimate of drug-likeness (QED) is 0.181. The Morgan fingerprint density at radius 3 is 1.70 bits per heavy atom. The van der Waals surface area contributed by atoms with E-state index >= 15 is 0 Å². The van der Waals surface area contributed by atoms with Gasteiger partial charge in [0.05, 0.1) is 5.52 Å². The number of aryl methyl sites for hydroxylation is 1. The minimum absolute atomic E-state index is 0.611. The van der Waals surface area contributed by atoms with Crippen LogP contribution >= 0.6 is 0 Å². The monoisotopic (exact) mass is 688 g/mol. The van der Waals surface area contributed by atoms with Gasteiger partial charge in [0.15, 0.2) is 17.5 Å². The molecular formula is C48H40N4O. The Labute approximate surface area is 309 Å². The molecule has 0 amide bonds. The first kappa shape index (κ1) is 33.5. The van der Waals surface area contributed by atoms with Crippen LogP contribution in [-0.2, 0) is 0 Å². The third-order valence-electron chi connectivity index (χ3n) is 9.61. The normalized spacial score (nSPS) is 12.1. The minimum atomic E-state index is 0.611. The molecule has 6 aromatic carbocycles. The topological polar surface area (TPSA) is 56.7 Å². The highest BCUT2D eigenvalue weighted by Crippen LogP contribution is 2.39. The Morgan fingerprint density at radius 1 is 0.528 bits per heavy atom. The van der Waals surface area contributed by atoms with Crippen molar-refractivity contribution in [2.75, 3.05) is 0 Å². The summed E-state index contributed by atoms with van der Waals surface area (Å²) in [5.41, 5.74) is 10.1. The SMILES string of the molecule is C/C=c1\c(=C/C)n(-c2ccccc2)c2ccc(-c3ccc4oc5cc(C)cc(-c6nc(-c7ccccc7)nc(-c7ccccc7)n6)c5c4c3)cc12.CC. The summed E-state index contributed by atoms with van der Waals surface area (Å²) < 4.78 is 8.87. The fourth-order valence-corrected chi connectivity index (χ4v) is 7.29. The van der Waals surface area contributed by atoms with E-state index in [0.29, 0.717) is 17.5 Å². The Kier molecular flexibility index (Phi) is 8.99. The number of rotatable bonds is 5. The summed E-state index contributed by atoms with van der Waals surface area (Å²) in [6, 6.07) is 48.3. The van der Waals surface area contributed by atoms with Gasteiger partial charge < -0.3 is 8.98 Å². The molecule has 5 nitrogen and oxygen atoms in total. The molecule has 0 N–H and O–H groups in total. The molecule has 0 atom stereocenters. The summed E-state index contributed by atoms with van der Waals surface area (Å²) in [5, 5.41) is 5.64. The second-order valence-corrected chi connectivity index (χ2v) is 12.8.